The van der Waals surface area contributed by atoms with Crippen LogP contribution in [0.4, 0.5) is 0 Å². The lowest BCUT2D eigenvalue weighted by Gasteiger charge is -2.06. The molecule has 2 rings (SSSR count). The van der Waals surface area contributed by atoms with Gasteiger partial charge in [-0.25, -0.2) is 0 Å². The second kappa shape index (κ2) is 6.01. The van der Waals surface area contributed by atoms with Gasteiger partial charge in [-0.05, 0) is 48.4 Å². The highest BCUT2D eigenvalue weighted by molar-refractivity contribution is 5.74. The molecule has 0 heterocycles. The maximum absolute atomic E-state index is 10.5. The Bertz CT molecular complexity index is 498. The summed E-state index contributed by atoms with van der Waals surface area (Å²) in [6.45, 7) is 2.17. The first kappa shape index (κ1) is 12.4. The second-order valence-corrected chi connectivity index (χ2v) is 4.18. The third-order valence-corrected chi connectivity index (χ3v) is 2.71. The fraction of sp³-hybridized carbons (Fsp3) is 0.188. The highest BCUT2D eigenvalue weighted by atomic mass is 16.5. The van der Waals surface area contributed by atoms with Gasteiger partial charge in [0.1, 0.15) is 17.8 Å². The van der Waals surface area contributed by atoms with E-state index in [1.807, 2.05) is 12.1 Å². The normalized spacial score (nSPS) is 10.1. The van der Waals surface area contributed by atoms with Crippen molar-refractivity contribution in [3.05, 3.63) is 59.7 Å². The lowest BCUT2D eigenvalue weighted by molar-refractivity contribution is 0.112. The van der Waals surface area contributed by atoms with E-state index in [2.05, 4.69) is 19.1 Å². The number of hydrogen-bond acceptors (Lipinski definition) is 2. The SMILES string of the molecule is CCCc1ccc(Oc2ccc(C=O)cc2)cc1. The lowest BCUT2D eigenvalue weighted by Crippen LogP contribution is -1.87. The van der Waals surface area contributed by atoms with Gasteiger partial charge in [0.2, 0.25) is 0 Å². The number of carbonyl (C=O) groups excluding carboxylic acids is 1. The van der Waals surface area contributed by atoms with Crippen LogP contribution in [0.15, 0.2) is 48.5 Å². The summed E-state index contributed by atoms with van der Waals surface area (Å²) < 4.78 is 5.70. The summed E-state index contributed by atoms with van der Waals surface area (Å²) in [5.41, 5.74) is 1.97. The van der Waals surface area contributed by atoms with Gasteiger partial charge in [0.15, 0.2) is 0 Å². The van der Waals surface area contributed by atoms with E-state index in [0.29, 0.717) is 5.56 Å². The average Bonchev–Trinajstić information content (AvgIpc) is 2.42. The summed E-state index contributed by atoms with van der Waals surface area (Å²) in [7, 11) is 0. The molecule has 18 heavy (non-hydrogen) atoms. The summed E-state index contributed by atoms with van der Waals surface area (Å²) in [6.07, 6.45) is 3.06. The number of aryl methyl sites for hydroxylation is 1. The van der Waals surface area contributed by atoms with E-state index in [1.54, 1.807) is 24.3 Å². The predicted molar refractivity (Wildman–Crippen MR) is 72.3 cm³/mol. The van der Waals surface area contributed by atoms with Crippen LogP contribution >= 0.6 is 0 Å². The molecule has 0 amide bonds. The van der Waals surface area contributed by atoms with E-state index in [1.165, 1.54) is 5.56 Å². The summed E-state index contributed by atoms with van der Waals surface area (Å²) in [4.78, 5) is 10.5. The Labute approximate surface area is 107 Å². The zero-order chi connectivity index (χ0) is 12.8. The largest absolute Gasteiger partial charge is 0.457 e. The van der Waals surface area contributed by atoms with Gasteiger partial charge in [-0.3, -0.25) is 4.79 Å². The Morgan fingerprint density at radius 1 is 0.944 bits per heavy atom. The molecule has 0 saturated heterocycles. The number of aldehydes is 1. The summed E-state index contributed by atoms with van der Waals surface area (Å²) in [5.74, 6) is 1.55. The molecule has 0 N–H and O–H groups in total. The van der Waals surface area contributed by atoms with E-state index < -0.39 is 0 Å². The van der Waals surface area contributed by atoms with Crippen molar-refractivity contribution in [2.24, 2.45) is 0 Å². The highest BCUT2D eigenvalue weighted by Crippen LogP contribution is 2.22. The third-order valence-electron chi connectivity index (χ3n) is 2.71. The van der Waals surface area contributed by atoms with Gasteiger partial charge < -0.3 is 4.74 Å². The van der Waals surface area contributed by atoms with Gasteiger partial charge >= 0.3 is 0 Å². The molecule has 2 aromatic carbocycles. The number of hydrogen-bond donors (Lipinski definition) is 0. The molecule has 0 unspecified atom stereocenters. The fourth-order valence-corrected chi connectivity index (χ4v) is 1.76. The van der Waals surface area contributed by atoms with Gasteiger partial charge in [-0.2, -0.15) is 0 Å². The molecule has 2 aromatic rings. The number of ether oxygens (including phenoxy) is 1. The zero-order valence-corrected chi connectivity index (χ0v) is 10.4. The Morgan fingerprint density at radius 3 is 2.00 bits per heavy atom. The molecule has 0 aromatic heterocycles. The number of rotatable bonds is 5. The van der Waals surface area contributed by atoms with Crippen molar-refractivity contribution in [2.45, 2.75) is 19.8 Å². The Kier molecular flexibility index (Phi) is 4.13. The van der Waals surface area contributed by atoms with Gasteiger partial charge in [0.25, 0.3) is 0 Å². The molecule has 92 valence electrons. The van der Waals surface area contributed by atoms with Gasteiger partial charge in [-0.1, -0.05) is 25.5 Å². The molecule has 0 bridgehead atoms. The van der Waals surface area contributed by atoms with Crippen LogP contribution in [0.25, 0.3) is 0 Å². The Morgan fingerprint density at radius 2 is 1.50 bits per heavy atom. The van der Waals surface area contributed by atoms with Crippen LogP contribution in [-0.2, 0) is 6.42 Å². The van der Waals surface area contributed by atoms with Crippen molar-refractivity contribution in [1.82, 2.24) is 0 Å². The molecule has 0 aliphatic rings. The first-order chi connectivity index (χ1) is 8.81. The molecular weight excluding hydrogens is 224 g/mol. The molecule has 0 aliphatic carbocycles. The zero-order valence-electron chi connectivity index (χ0n) is 10.4. The molecule has 2 heteroatoms. The first-order valence-corrected chi connectivity index (χ1v) is 6.14. The average molecular weight is 240 g/mol. The number of benzene rings is 2. The standard InChI is InChI=1S/C16H16O2/c1-2-3-13-4-8-15(9-5-13)18-16-10-6-14(12-17)7-11-16/h4-12H,2-3H2,1H3. The van der Waals surface area contributed by atoms with Crippen LogP contribution in [0.1, 0.15) is 29.3 Å². The van der Waals surface area contributed by atoms with Gasteiger partial charge in [0, 0.05) is 5.56 Å². The smallest absolute Gasteiger partial charge is 0.150 e. The highest BCUT2D eigenvalue weighted by Gasteiger charge is 1.98. The minimum Gasteiger partial charge on any atom is -0.457 e. The summed E-state index contributed by atoms with van der Waals surface area (Å²) >= 11 is 0. The Hall–Kier alpha value is -2.09. The maximum atomic E-state index is 10.5. The summed E-state index contributed by atoms with van der Waals surface area (Å²) in [6, 6.07) is 15.2. The quantitative estimate of drug-likeness (QED) is 0.730. The molecule has 0 saturated carbocycles. The van der Waals surface area contributed by atoms with Gasteiger partial charge in [0.05, 0.1) is 0 Å². The van der Waals surface area contributed by atoms with Gasteiger partial charge in [-0.15, -0.1) is 0 Å². The lowest BCUT2D eigenvalue weighted by atomic mass is 10.1. The van der Waals surface area contributed by atoms with E-state index in [4.69, 9.17) is 4.74 Å². The predicted octanol–water partition coefficient (Wildman–Crippen LogP) is 4.24. The van der Waals surface area contributed by atoms with Crippen molar-refractivity contribution in [1.29, 1.82) is 0 Å². The minimum absolute atomic E-state index is 0.653. The van der Waals surface area contributed by atoms with Crippen LogP contribution in [0, 0.1) is 0 Å². The van der Waals surface area contributed by atoms with Crippen LogP contribution in [0.5, 0.6) is 11.5 Å². The van der Waals surface area contributed by atoms with Crippen LogP contribution in [0.3, 0.4) is 0 Å². The van der Waals surface area contributed by atoms with Crippen molar-refractivity contribution >= 4 is 6.29 Å². The Balaban J connectivity index is 2.05. The van der Waals surface area contributed by atoms with E-state index >= 15 is 0 Å². The van der Waals surface area contributed by atoms with E-state index in [9.17, 15) is 4.79 Å². The molecule has 0 aliphatic heterocycles. The first-order valence-electron chi connectivity index (χ1n) is 6.14. The van der Waals surface area contributed by atoms with Crippen molar-refractivity contribution in [2.75, 3.05) is 0 Å². The van der Waals surface area contributed by atoms with Crippen LogP contribution in [-0.4, -0.2) is 6.29 Å². The van der Waals surface area contributed by atoms with Crippen molar-refractivity contribution in [3.63, 3.8) is 0 Å². The topological polar surface area (TPSA) is 26.3 Å². The van der Waals surface area contributed by atoms with Crippen molar-refractivity contribution < 1.29 is 9.53 Å². The second-order valence-electron chi connectivity index (χ2n) is 4.18. The van der Waals surface area contributed by atoms with E-state index in [0.717, 1.165) is 30.6 Å². The minimum atomic E-state index is 0.653. The van der Waals surface area contributed by atoms with Crippen LogP contribution < -0.4 is 4.74 Å². The van der Waals surface area contributed by atoms with Crippen molar-refractivity contribution in [3.8, 4) is 11.5 Å². The molecule has 0 radical (unpaired) electrons. The maximum Gasteiger partial charge on any atom is 0.150 e. The number of carbonyl (C=O) groups is 1. The monoisotopic (exact) mass is 240 g/mol. The van der Waals surface area contributed by atoms with E-state index in [-0.39, 0.29) is 0 Å². The third kappa shape index (κ3) is 3.20. The molecule has 0 atom stereocenters. The van der Waals surface area contributed by atoms with Crippen LogP contribution in [0.2, 0.25) is 0 Å². The summed E-state index contributed by atoms with van der Waals surface area (Å²) in [5, 5.41) is 0. The molecular formula is C16H16O2. The fourth-order valence-electron chi connectivity index (χ4n) is 1.76. The molecule has 0 fully saturated rings. The molecule has 2 nitrogen and oxygen atoms in total. The molecule has 0 spiro atoms.